The van der Waals surface area contributed by atoms with Crippen molar-refractivity contribution >= 4 is 23.4 Å². The van der Waals surface area contributed by atoms with Crippen molar-refractivity contribution in [1.29, 1.82) is 0 Å². The lowest BCUT2D eigenvalue weighted by atomic mass is 10.2. The molecular formula is C19H19FN4OS. The molecule has 3 aromatic rings. The van der Waals surface area contributed by atoms with Crippen molar-refractivity contribution in [3.63, 3.8) is 0 Å². The maximum Gasteiger partial charge on any atom is 0.237 e. The van der Waals surface area contributed by atoms with Gasteiger partial charge in [0, 0.05) is 0 Å². The molecule has 134 valence electrons. The SMILES string of the molecule is Cc1ccccc1-n1c(C)nnc1SC(C)C(=O)Nc1ccccc1F. The highest BCUT2D eigenvalue weighted by Crippen LogP contribution is 2.27. The normalized spacial score (nSPS) is 12.0. The molecule has 2 aromatic carbocycles. The molecule has 1 amide bonds. The zero-order chi connectivity index (χ0) is 18.7. The minimum absolute atomic E-state index is 0.168. The first kappa shape index (κ1) is 18.1. The summed E-state index contributed by atoms with van der Waals surface area (Å²) < 4.78 is 15.6. The van der Waals surface area contributed by atoms with E-state index < -0.39 is 11.1 Å². The molecule has 0 fully saturated rings. The standard InChI is InChI=1S/C19H19FN4OS/c1-12-8-4-7-11-17(12)24-14(3)22-23-19(24)26-13(2)18(25)21-16-10-6-5-9-15(16)20/h4-11,13H,1-3H3,(H,21,25). The quantitative estimate of drug-likeness (QED) is 0.686. The van der Waals surface area contributed by atoms with Gasteiger partial charge in [0.25, 0.3) is 0 Å². The van der Waals surface area contributed by atoms with E-state index >= 15 is 0 Å². The Hall–Kier alpha value is -2.67. The molecule has 0 aliphatic carbocycles. The number of hydrogen-bond donors (Lipinski definition) is 1. The lowest BCUT2D eigenvalue weighted by Crippen LogP contribution is -2.23. The molecule has 5 nitrogen and oxygen atoms in total. The molecule has 3 rings (SSSR count). The van der Waals surface area contributed by atoms with Crippen LogP contribution in [0, 0.1) is 19.7 Å². The largest absolute Gasteiger partial charge is 0.323 e. The number of nitrogens with one attached hydrogen (secondary N) is 1. The van der Waals surface area contributed by atoms with E-state index in [-0.39, 0.29) is 11.6 Å². The molecule has 0 aliphatic heterocycles. The van der Waals surface area contributed by atoms with Crippen molar-refractivity contribution in [2.75, 3.05) is 5.32 Å². The van der Waals surface area contributed by atoms with E-state index in [1.165, 1.54) is 23.9 Å². The monoisotopic (exact) mass is 370 g/mol. The molecule has 1 heterocycles. The Balaban J connectivity index is 1.80. The molecule has 1 aromatic heterocycles. The third kappa shape index (κ3) is 3.77. The molecule has 1 atom stereocenters. The van der Waals surface area contributed by atoms with Gasteiger partial charge in [0.15, 0.2) is 5.16 Å². The number of anilines is 1. The van der Waals surface area contributed by atoms with Crippen molar-refractivity contribution in [2.24, 2.45) is 0 Å². The van der Waals surface area contributed by atoms with Gasteiger partial charge in [-0.15, -0.1) is 10.2 Å². The predicted molar refractivity (Wildman–Crippen MR) is 101 cm³/mol. The van der Waals surface area contributed by atoms with Gasteiger partial charge in [-0.05, 0) is 44.5 Å². The van der Waals surface area contributed by atoms with Crippen LogP contribution in [0.5, 0.6) is 0 Å². The molecule has 26 heavy (non-hydrogen) atoms. The molecule has 0 aliphatic rings. The first-order valence-corrected chi connectivity index (χ1v) is 9.05. The zero-order valence-electron chi connectivity index (χ0n) is 14.7. The van der Waals surface area contributed by atoms with Crippen LogP contribution < -0.4 is 5.32 Å². The molecule has 1 N–H and O–H groups in total. The number of aryl methyl sites for hydroxylation is 2. The van der Waals surface area contributed by atoms with Crippen LogP contribution >= 0.6 is 11.8 Å². The minimum Gasteiger partial charge on any atom is -0.323 e. The highest BCUT2D eigenvalue weighted by atomic mass is 32.2. The number of rotatable bonds is 5. The van der Waals surface area contributed by atoms with Gasteiger partial charge in [-0.2, -0.15) is 0 Å². The Bertz CT molecular complexity index is 941. The molecule has 0 saturated carbocycles. The Morgan fingerprint density at radius 1 is 1.12 bits per heavy atom. The average Bonchev–Trinajstić information content (AvgIpc) is 2.97. The highest BCUT2D eigenvalue weighted by molar-refractivity contribution is 8.00. The molecule has 7 heteroatoms. The summed E-state index contributed by atoms with van der Waals surface area (Å²) >= 11 is 1.28. The number of benzene rings is 2. The second kappa shape index (κ2) is 7.70. The van der Waals surface area contributed by atoms with Gasteiger partial charge in [-0.25, -0.2) is 4.39 Å². The summed E-state index contributed by atoms with van der Waals surface area (Å²) in [5.41, 5.74) is 2.22. The molecule has 0 radical (unpaired) electrons. The van der Waals surface area contributed by atoms with Crippen LogP contribution in [0.25, 0.3) is 5.69 Å². The number of nitrogens with zero attached hydrogens (tertiary/aromatic N) is 3. The van der Waals surface area contributed by atoms with Crippen molar-refractivity contribution in [2.45, 2.75) is 31.2 Å². The lowest BCUT2D eigenvalue weighted by Gasteiger charge is -2.14. The third-order valence-electron chi connectivity index (χ3n) is 3.93. The van der Waals surface area contributed by atoms with Gasteiger partial charge in [-0.1, -0.05) is 42.1 Å². The first-order chi connectivity index (χ1) is 12.5. The van der Waals surface area contributed by atoms with Crippen LogP contribution in [0.4, 0.5) is 10.1 Å². The third-order valence-corrected chi connectivity index (χ3v) is 4.98. The Labute approximate surface area is 155 Å². The van der Waals surface area contributed by atoms with Crippen LogP contribution in [0.3, 0.4) is 0 Å². The van der Waals surface area contributed by atoms with Gasteiger partial charge >= 0.3 is 0 Å². The zero-order valence-corrected chi connectivity index (χ0v) is 15.5. The Morgan fingerprint density at radius 2 is 1.81 bits per heavy atom. The van der Waals surface area contributed by atoms with Crippen LogP contribution in [0.2, 0.25) is 0 Å². The van der Waals surface area contributed by atoms with Crippen LogP contribution in [-0.4, -0.2) is 25.9 Å². The average molecular weight is 370 g/mol. The van der Waals surface area contributed by atoms with Crippen molar-refractivity contribution in [3.8, 4) is 5.69 Å². The van der Waals surface area contributed by atoms with E-state index in [0.717, 1.165) is 17.1 Å². The highest BCUT2D eigenvalue weighted by Gasteiger charge is 2.21. The number of carbonyl (C=O) groups excluding carboxylic acids is 1. The maximum absolute atomic E-state index is 13.7. The molecule has 0 bridgehead atoms. The van der Waals surface area contributed by atoms with Crippen LogP contribution in [-0.2, 0) is 4.79 Å². The lowest BCUT2D eigenvalue weighted by molar-refractivity contribution is -0.115. The van der Waals surface area contributed by atoms with Crippen LogP contribution in [0.15, 0.2) is 53.7 Å². The van der Waals surface area contributed by atoms with Crippen molar-refractivity contribution in [1.82, 2.24) is 14.8 Å². The number of para-hydroxylation sites is 2. The summed E-state index contributed by atoms with van der Waals surface area (Å²) in [5, 5.41) is 11.1. The van der Waals surface area contributed by atoms with E-state index in [4.69, 9.17) is 0 Å². The Kier molecular flexibility index (Phi) is 5.37. The number of aromatic nitrogens is 3. The van der Waals surface area contributed by atoms with Gasteiger partial charge in [-0.3, -0.25) is 9.36 Å². The fraction of sp³-hybridized carbons (Fsp3) is 0.211. The topological polar surface area (TPSA) is 59.8 Å². The summed E-state index contributed by atoms with van der Waals surface area (Å²) in [6, 6.07) is 14.0. The summed E-state index contributed by atoms with van der Waals surface area (Å²) in [6.45, 7) is 5.64. The summed E-state index contributed by atoms with van der Waals surface area (Å²) in [7, 11) is 0. The smallest absolute Gasteiger partial charge is 0.237 e. The summed E-state index contributed by atoms with van der Waals surface area (Å²) in [6.07, 6.45) is 0. The van der Waals surface area contributed by atoms with Crippen molar-refractivity contribution in [3.05, 3.63) is 65.7 Å². The van der Waals surface area contributed by atoms with E-state index in [0.29, 0.717) is 5.16 Å². The minimum atomic E-state index is -0.471. The number of hydrogen-bond acceptors (Lipinski definition) is 4. The maximum atomic E-state index is 13.7. The second-order valence-electron chi connectivity index (χ2n) is 5.88. The van der Waals surface area contributed by atoms with Gasteiger partial charge in [0.05, 0.1) is 16.6 Å². The number of halogens is 1. The predicted octanol–water partition coefficient (Wildman–Crippen LogP) is 4.14. The van der Waals surface area contributed by atoms with Gasteiger partial charge in [0.1, 0.15) is 11.6 Å². The first-order valence-electron chi connectivity index (χ1n) is 8.17. The summed E-state index contributed by atoms with van der Waals surface area (Å²) in [4.78, 5) is 12.4. The van der Waals surface area contributed by atoms with E-state index in [1.54, 1.807) is 19.1 Å². The molecule has 0 spiro atoms. The number of amides is 1. The van der Waals surface area contributed by atoms with Crippen molar-refractivity contribution < 1.29 is 9.18 Å². The summed E-state index contributed by atoms with van der Waals surface area (Å²) in [5.74, 6) is -0.0161. The van der Waals surface area contributed by atoms with Gasteiger partial charge < -0.3 is 5.32 Å². The fourth-order valence-corrected chi connectivity index (χ4v) is 3.43. The van der Waals surface area contributed by atoms with Crippen LogP contribution in [0.1, 0.15) is 18.3 Å². The van der Waals surface area contributed by atoms with E-state index in [1.807, 2.05) is 42.7 Å². The Morgan fingerprint density at radius 3 is 2.54 bits per heavy atom. The molecular weight excluding hydrogens is 351 g/mol. The van der Waals surface area contributed by atoms with Gasteiger partial charge in [0.2, 0.25) is 5.91 Å². The number of thioether (sulfide) groups is 1. The van der Waals surface area contributed by atoms with E-state index in [9.17, 15) is 9.18 Å². The fourth-order valence-electron chi connectivity index (χ4n) is 2.52. The molecule has 0 saturated heterocycles. The number of carbonyl (C=O) groups is 1. The second-order valence-corrected chi connectivity index (χ2v) is 7.19. The van der Waals surface area contributed by atoms with E-state index in [2.05, 4.69) is 15.5 Å². The molecule has 1 unspecified atom stereocenters.